The summed E-state index contributed by atoms with van der Waals surface area (Å²) in [6.45, 7) is 1.40. The van der Waals surface area contributed by atoms with E-state index in [1.807, 2.05) is 30.3 Å². The molecule has 0 N–H and O–H groups in total. The Balaban J connectivity index is 1.96. The van der Waals surface area contributed by atoms with Crippen LogP contribution in [0.3, 0.4) is 0 Å². The van der Waals surface area contributed by atoms with Gasteiger partial charge in [0.25, 0.3) is 0 Å². The molecule has 2 aromatic carbocycles. The van der Waals surface area contributed by atoms with Crippen LogP contribution in [-0.2, 0) is 0 Å². The lowest BCUT2D eigenvalue weighted by Crippen LogP contribution is -1.98. The Bertz CT molecular complexity index is 663. The number of hydrogen-bond acceptors (Lipinski definition) is 2. The number of hydrogen-bond donors (Lipinski definition) is 0. The van der Waals surface area contributed by atoms with Crippen molar-refractivity contribution in [1.29, 1.82) is 0 Å². The van der Waals surface area contributed by atoms with Gasteiger partial charge in [-0.25, -0.2) is 0 Å². The lowest BCUT2D eigenvalue weighted by atomic mass is 10.0. The standard InChI is InChI=1S/C16H13BrClIO2/c17-16(12-9-11(18)3-4-13(12)19)10-2-5-14-15(8-10)21-7-1-6-20-14/h2-5,8-9,16H,1,6-7H2. The van der Waals surface area contributed by atoms with Crippen LogP contribution in [-0.4, -0.2) is 13.2 Å². The van der Waals surface area contributed by atoms with Gasteiger partial charge in [0.2, 0.25) is 0 Å². The van der Waals surface area contributed by atoms with Crippen molar-refractivity contribution >= 4 is 50.1 Å². The minimum Gasteiger partial charge on any atom is -0.490 e. The minimum absolute atomic E-state index is 0.0697. The fraction of sp³-hybridized carbons (Fsp3) is 0.250. The molecule has 3 rings (SSSR count). The van der Waals surface area contributed by atoms with Crippen LogP contribution in [0.1, 0.15) is 22.4 Å². The zero-order valence-corrected chi connectivity index (χ0v) is 15.6. The molecule has 2 nitrogen and oxygen atoms in total. The second-order valence-corrected chi connectivity index (χ2v) is 7.30. The molecule has 0 saturated heterocycles. The number of benzene rings is 2. The van der Waals surface area contributed by atoms with Crippen LogP contribution in [0.2, 0.25) is 5.02 Å². The molecule has 2 aromatic rings. The Morgan fingerprint density at radius 2 is 1.81 bits per heavy atom. The maximum atomic E-state index is 6.12. The summed E-state index contributed by atoms with van der Waals surface area (Å²) in [5.74, 6) is 1.63. The molecule has 1 aliphatic heterocycles. The average molecular weight is 480 g/mol. The second kappa shape index (κ2) is 6.75. The van der Waals surface area contributed by atoms with Crippen LogP contribution in [0, 0.1) is 3.57 Å². The van der Waals surface area contributed by atoms with Gasteiger partial charge in [0.05, 0.1) is 18.0 Å². The smallest absolute Gasteiger partial charge is 0.161 e. The fourth-order valence-electron chi connectivity index (χ4n) is 2.23. The van der Waals surface area contributed by atoms with E-state index in [0.717, 1.165) is 34.1 Å². The highest BCUT2D eigenvalue weighted by molar-refractivity contribution is 14.1. The molecule has 0 amide bonds. The number of alkyl halides is 1. The topological polar surface area (TPSA) is 18.5 Å². The highest BCUT2D eigenvalue weighted by Crippen LogP contribution is 2.39. The highest BCUT2D eigenvalue weighted by atomic mass is 127. The molecule has 0 fully saturated rings. The summed E-state index contributed by atoms with van der Waals surface area (Å²) in [4.78, 5) is 0.0697. The van der Waals surface area contributed by atoms with Crippen molar-refractivity contribution in [2.24, 2.45) is 0 Å². The summed E-state index contributed by atoms with van der Waals surface area (Å²) in [6.07, 6.45) is 0.911. The first kappa shape index (κ1) is 15.4. The predicted molar refractivity (Wildman–Crippen MR) is 97.0 cm³/mol. The molecule has 110 valence electrons. The molecule has 0 bridgehead atoms. The van der Waals surface area contributed by atoms with Gasteiger partial charge < -0.3 is 9.47 Å². The number of halogens is 3. The van der Waals surface area contributed by atoms with Crippen molar-refractivity contribution in [1.82, 2.24) is 0 Å². The summed E-state index contributed by atoms with van der Waals surface area (Å²) >= 11 is 12.2. The quantitative estimate of drug-likeness (QED) is 0.413. The molecule has 1 atom stereocenters. The minimum atomic E-state index is 0.0697. The Hall–Kier alpha value is -0.460. The summed E-state index contributed by atoms with van der Waals surface area (Å²) in [7, 11) is 0. The van der Waals surface area contributed by atoms with E-state index >= 15 is 0 Å². The summed E-state index contributed by atoms with van der Waals surface area (Å²) in [5.41, 5.74) is 2.28. The van der Waals surface area contributed by atoms with Crippen molar-refractivity contribution < 1.29 is 9.47 Å². The third kappa shape index (κ3) is 3.48. The molecule has 1 unspecified atom stereocenters. The molecular weight excluding hydrogens is 466 g/mol. The van der Waals surface area contributed by atoms with Crippen LogP contribution in [0.4, 0.5) is 0 Å². The van der Waals surface area contributed by atoms with Crippen molar-refractivity contribution in [3.63, 3.8) is 0 Å². The fourth-order valence-corrected chi connectivity index (χ4v) is 4.14. The van der Waals surface area contributed by atoms with Gasteiger partial charge in [-0.15, -0.1) is 0 Å². The van der Waals surface area contributed by atoms with E-state index in [-0.39, 0.29) is 4.83 Å². The molecule has 0 radical (unpaired) electrons. The number of fused-ring (bicyclic) bond motifs is 1. The van der Waals surface area contributed by atoms with Gasteiger partial charge in [-0.1, -0.05) is 33.6 Å². The zero-order valence-electron chi connectivity index (χ0n) is 11.1. The first-order valence-corrected chi connectivity index (χ1v) is 9.01. The van der Waals surface area contributed by atoms with Crippen molar-refractivity contribution in [2.45, 2.75) is 11.2 Å². The first-order chi connectivity index (χ1) is 10.1. The molecule has 0 aromatic heterocycles. The van der Waals surface area contributed by atoms with Crippen molar-refractivity contribution in [2.75, 3.05) is 13.2 Å². The Morgan fingerprint density at radius 1 is 1.05 bits per heavy atom. The normalized spacial score (nSPS) is 15.4. The Labute approximate surface area is 151 Å². The van der Waals surface area contributed by atoms with E-state index in [2.05, 4.69) is 44.6 Å². The second-order valence-electron chi connectivity index (χ2n) is 4.79. The van der Waals surface area contributed by atoms with Crippen LogP contribution in [0.15, 0.2) is 36.4 Å². The molecule has 0 spiro atoms. The van der Waals surface area contributed by atoms with Gasteiger partial charge in [0.15, 0.2) is 11.5 Å². The Kier molecular flexibility index (Phi) is 4.96. The van der Waals surface area contributed by atoms with Crippen molar-refractivity contribution in [3.05, 3.63) is 56.1 Å². The van der Waals surface area contributed by atoms with E-state index in [1.54, 1.807) is 0 Å². The van der Waals surface area contributed by atoms with Gasteiger partial charge in [-0.2, -0.15) is 0 Å². The lowest BCUT2D eigenvalue weighted by Gasteiger charge is -2.15. The van der Waals surface area contributed by atoms with E-state index in [1.165, 1.54) is 3.57 Å². The van der Waals surface area contributed by atoms with E-state index in [4.69, 9.17) is 21.1 Å². The van der Waals surface area contributed by atoms with E-state index in [9.17, 15) is 0 Å². The molecule has 1 aliphatic rings. The van der Waals surface area contributed by atoms with Crippen LogP contribution >= 0.6 is 50.1 Å². The molecule has 0 saturated carbocycles. The van der Waals surface area contributed by atoms with E-state index < -0.39 is 0 Å². The summed E-state index contributed by atoms with van der Waals surface area (Å²) < 4.78 is 12.6. The largest absolute Gasteiger partial charge is 0.490 e. The molecule has 1 heterocycles. The highest BCUT2D eigenvalue weighted by Gasteiger charge is 2.18. The molecule has 21 heavy (non-hydrogen) atoms. The molecule has 5 heteroatoms. The summed E-state index contributed by atoms with van der Waals surface area (Å²) in [5, 5.41) is 0.740. The van der Waals surface area contributed by atoms with Gasteiger partial charge in [0, 0.05) is 15.0 Å². The SMILES string of the molecule is Clc1ccc(I)c(C(Br)c2ccc3c(c2)OCCCO3)c1. The van der Waals surface area contributed by atoms with Crippen molar-refractivity contribution in [3.8, 4) is 11.5 Å². The third-order valence-corrected chi connectivity index (χ3v) is 5.53. The van der Waals surface area contributed by atoms with Crippen LogP contribution in [0.25, 0.3) is 0 Å². The lowest BCUT2D eigenvalue weighted by molar-refractivity contribution is 0.297. The zero-order chi connectivity index (χ0) is 14.8. The van der Waals surface area contributed by atoms with Crippen LogP contribution in [0.5, 0.6) is 11.5 Å². The maximum Gasteiger partial charge on any atom is 0.161 e. The number of ether oxygens (including phenoxy) is 2. The first-order valence-electron chi connectivity index (χ1n) is 6.64. The molecule has 0 aliphatic carbocycles. The van der Waals surface area contributed by atoms with Gasteiger partial charge in [-0.3, -0.25) is 0 Å². The number of rotatable bonds is 2. The van der Waals surface area contributed by atoms with Crippen LogP contribution < -0.4 is 9.47 Å². The third-order valence-electron chi connectivity index (χ3n) is 3.30. The Morgan fingerprint density at radius 3 is 2.62 bits per heavy atom. The van der Waals surface area contributed by atoms with Gasteiger partial charge in [0.1, 0.15) is 0 Å². The van der Waals surface area contributed by atoms with E-state index in [0.29, 0.717) is 13.2 Å². The van der Waals surface area contributed by atoms with Gasteiger partial charge >= 0.3 is 0 Å². The monoisotopic (exact) mass is 478 g/mol. The average Bonchev–Trinajstić information content (AvgIpc) is 2.73. The maximum absolute atomic E-state index is 6.12. The predicted octanol–water partition coefficient (Wildman–Crippen LogP) is 5.59. The van der Waals surface area contributed by atoms with Gasteiger partial charge in [-0.05, 0) is 64.0 Å². The summed E-state index contributed by atoms with van der Waals surface area (Å²) in [6, 6.07) is 12.0. The molecular formula is C16H13BrClIO2.